The predicted molar refractivity (Wildman–Crippen MR) is 167 cm³/mol. The number of anilines is 1. The molecule has 222 valence electrons. The maximum absolute atomic E-state index is 13.7. The van der Waals surface area contributed by atoms with E-state index in [9.17, 15) is 19.1 Å². The first-order valence-electron chi connectivity index (χ1n) is 13.6. The molecule has 5 aromatic rings. The molecule has 1 amide bonds. The lowest BCUT2D eigenvalue weighted by Crippen LogP contribution is -2.29. The number of nitrogens with zero attached hydrogens (tertiary/aromatic N) is 5. The maximum atomic E-state index is 13.7. The molecule has 0 saturated carbocycles. The monoisotopic (exact) mass is 627 g/mol. The number of rotatable bonds is 9. The number of ether oxygens (including phenoxy) is 1. The molecule has 2 aromatic carbocycles. The first-order valence-corrected chi connectivity index (χ1v) is 15.4. The first-order chi connectivity index (χ1) is 21.3. The van der Waals surface area contributed by atoms with E-state index in [1.165, 1.54) is 28.8 Å². The number of carbonyl (C=O) groups is 2. The molecule has 1 aliphatic heterocycles. The zero-order valence-corrected chi connectivity index (χ0v) is 25.4. The van der Waals surface area contributed by atoms with E-state index in [-0.39, 0.29) is 28.0 Å². The van der Waals surface area contributed by atoms with Crippen LogP contribution in [0.4, 0.5) is 9.52 Å². The standard InChI is InChI=1S/C32H26FN5O4S2/c1-4-16-42-23-13-9-21(10-14-23)26-24(27(39)25-19(3)37-15-5-6-18(2)29(37)34-25)28(40)30(41)38(26)31-35-36-32(44-31)43-17-20-7-11-22(33)12-8-20/h4-15,26,39H,1,16-17H2,2-3H3/b27-24+. The third kappa shape index (κ3) is 5.38. The van der Waals surface area contributed by atoms with E-state index in [2.05, 4.69) is 21.8 Å². The van der Waals surface area contributed by atoms with Crippen LogP contribution in [0.2, 0.25) is 0 Å². The predicted octanol–water partition coefficient (Wildman–Crippen LogP) is 6.43. The van der Waals surface area contributed by atoms with Crippen molar-refractivity contribution in [1.82, 2.24) is 19.6 Å². The zero-order valence-electron chi connectivity index (χ0n) is 23.7. The Kier molecular flexibility index (Phi) is 8.02. The van der Waals surface area contributed by atoms with Gasteiger partial charge >= 0.3 is 5.91 Å². The second-order valence-electron chi connectivity index (χ2n) is 10.0. The summed E-state index contributed by atoms with van der Waals surface area (Å²) in [5.41, 5.74) is 3.70. The van der Waals surface area contributed by atoms with Crippen molar-refractivity contribution in [2.24, 2.45) is 0 Å². The van der Waals surface area contributed by atoms with Crippen LogP contribution in [0.1, 0.15) is 34.1 Å². The summed E-state index contributed by atoms with van der Waals surface area (Å²) < 4.78 is 21.3. The minimum Gasteiger partial charge on any atom is -0.505 e. The van der Waals surface area contributed by atoms with Crippen molar-refractivity contribution < 1.29 is 23.8 Å². The second-order valence-corrected chi connectivity index (χ2v) is 12.2. The Morgan fingerprint density at radius 3 is 2.57 bits per heavy atom. The van der Waals surface area contributed by atoms with Crippen LogP contribution in [0.25, 0.3) is 11.4 Å². The van der Waals surface area contributed by atoms with Crippen LogP contribution in [0.5, 0.6) is 5.75 Å². The highest BCUT2D eigenvalue weighted by Crippen LogP contribution is 2.44. The third-order valence-electron chi connectivity index (χ3n) is 7.19. The van der Waals surface area contributed by atoms with Crippen molar-refractivity contribution in [3.05, 3.63) is 119 Å². The van der Waals surface area contributed by atoms with Crippen LogP contribution in [0.15, 0.2) is 89.4 Å². The summed E-state index contributed by atoms with van der Waals surface area (Å²) in [6, 6.07) is 15.9. The summed E-state index contributed by atoms with van der Waals surface area (Å²) >= 11 is 2.53. The molecule has 44 heavy (non-hydrogen) atoms. The summed E-state index contributed by atoms with van der Waals surface area (Å²) in [7, 11) is 0. The van der Waals surface area contributed by atoms with Gasteiger partial charge in [0.2, 0.25) is 5.13 Å². The van der Waals surface area contributed by atoms with Crippen LogP contribution in [-0.4, -0.2) is 43.0 Å². The molecule has 1 fully saturated rings. The molecule has 0 aliphatic carbocycles. The molecule has 0 spiro atoms. The van der Waals surface area contributed by atoms with Crippen molar-refractivity contribution in [2.45, 2.75) is 30.0 Å². The van der Waals surface area contributed by atoms with Crippen LogP contribution in [0.3, 0.4) is 0 Å². The number of ketones is 1. The van der Waals surface area contributed by atoms with Crippen LogP contribution in [-0.2, 0) is 15.3 Å². The van der Waals surface area contributed by atoms with Crippen molar-refractivity contribution >= 4 is 51.3 Å². The van der Waals surface area contributed by atoms with E-state index in [0.717, 1.165) is 22.5 Å². The number of benzene rings is 2. The Hall–Kier alpha value is -4.81. The van der Waals surface area contributed by atoms with Gasteiger partial charge in [-0.15, -0.1) is 10.2 Å². The number of aliphatic hydroxyl groups excluding tert-OH is 1. The lowest BCUT2D eigenvalue weighted by Gasteiger charge is -2.22. The Balaban J connectivity index is 1.42. The number of pyridine rings is 1. The molecule has 4 heterocycles. The van der Waals surface area contributed by atoms with Crippen molar-refractivity contribution in [3.63, 3.8) is 0 Å². The third-order valence-corrected chi connectivity index (χ3v) is 9.32. The molecule has 1 aliphatic rings. The average Bonchev–Trinajstić information content (AvgIpc) is 3.71. The van der Waals surface area contributed by atoms with Gasteiger partial charge in [0.15, 0.2) is 10.1 Å². The average molecular weight is 628 g/mol. The first kappa shape index (κ1) is 29.3. The van der Waals surface area contributed by atoms with E-state index in [0.29, 0.717) is 39.4 Å². The van der Waals surface area contributed by atoms with Crippen LogP contribution < -0.4 is 9.64 Å². The Morgan fingerprint density at radius 1 is 1.11 bits per heavy atom. The molecule has 0 radical (unpaired) electrons. The van der Waals surface area contributed by atoms with Crippen LogP contribution >= 0.6 is 23.1 Å². The van der Waals surface area contributed by atoms with E-state index < -0.39 is 17.7 Å². The number of amides is 1. The second kappa shape index (κ2) is 12.1. The van der Waals surface area contributed by atoms with Gasteiger partial charge in [-0.3, -0.25) is 14.5 Å². The van der Waals surface area contributed by atoms with Gasteiger partial charge in [0.1, 0.15) is 29.5 Å². The molecular formula is C32H26FN5O4S2. The number of hydrogen-bond donors (Lipinski definition) is 1. The summed E-state index contributed by atoms with van der Waals surface area (Å²) in [4.78, 5) is 33.2. The number of aryl methyl sites for hydroxylation is 2. The highest BCUT2D eigenvalue weighted by Gasteiger charge is 2.49. The SMILES string of the molecule is C=CCOc1ccc(C2/C(=C(\O)c3nc4c(C)cccn4c3C)C(=O)C(=O)N2c2nnc(SCc3ccc(F)cc3)s2)cc1. The Morgan fingerprint density at radius 2 is 1.86 bits per heavy atom. The van der Waals surface area contributed by atoms with Crippen LogP contribution in [0, 0.1) is 19.7 Å². The summed E-state index contributed by atoms with van der Waals surface area (Å²) in [6.07, 6.45) is 3.45. The number of Topliss-reactive ketones (excluding diaryl/α,β-unsaturated/α-hetero) is 1. The topological polar surface area (TPSA) is 110 Å². The number of aromatic nitrogens is 4. The normalized spacial score (nSPS) is 16.2. The zero-order chi connectivity index (χ0) is 31.0. The molecule has 1 atom stereocenters. The summed E-state index contributed by atoms with van der Waals surface area (Å²) in [5.74, 6) is -1.31. The summed E-state index contributed by atoms with van der Waals surface area (Å²) in [6.45, 7) is 7.67. The molecule has 9 nitrogen and oxygen atoms in total. The number of halogens is 1. The van der Waals surface area contributed by atoms with Gasteiger partial charge in [0.25, 0.3) is 5.78 Å². The number of carbonyl (C=O) groups excluding carboxylic acids is 2. The number of aliphatic hydroxyl groups is 1. The van der Waals surface area contributed by atoms with Gasteiger partial charge in [0.05, 0.1) is 17.3 Å². The fraction of sp³-hybridized carbons (Fsp3) is 0.156. The minimum atomic E-state index is -1.00. The molecule has 3 aromatic heterocycles. The number of thioether (sulfide) groups is 1. The molecular weight excluding hydrogens is 602 g/mol. The molecule has 6 rings (SSSR count). The van der Waals surface area contributed by atoms with E-state index in [4.69, 9.17) is 4.74 Å². The number of imidazole rings is 1. The molecule has 1 saturated heterocycles. The smallest absolute Gasteiger partial charge is 0.301 e. The molecule has 0 bridgehead atoms. The number of hydrogen-bond acceptors (Lipinski definition) is 9. The van der Waals surface area contributed by atoms with Gasteiger partial charge in [-0.2, -0.15) is 0 Å². The van der Waals surface area contributed by atoms with Crippen molar-refractivity contribution in [2.75, 3.05) is 11.5 Å². The van der Waals surface area contributed by atoms with E-state index >= 15 is 0 Å². The lowest BCUT2D eigenvalue weighted by atomic mass is 9.96. The fourth-order valence-electron chi connectivity index (χ4n) is 5.00. The maximum Gasteiger partial charge on any atom is 0.301 e. The van der Waals surface area contributed by atoms with Gasteiger partial charge in [-0.25, -0.2) is 9.37 Å². The quantitative estimate of drug-likeness (QED) is 0.0498. The van der Waals surface area contributed by atoms with Crippen molar-refractivity contribution in [3.8, 4) is 5.75 Å². The van der Waals surface area contributed by atoms with E-state index in [1.54, 1.807) is 49.4 Å². The molecule has 1 unspecified atom stereocenters. The minimum absolute atomic E-state index is 0.102. The largest absolute Gasteiger partial charge is 0.505 e. The van der Waals surface area contributed by atoms with Crippen molar-refractivity contribution in [1.29, 1.82) is 0 Å². The Bertz CT molecular complexity index is 1930. The highest BCUT2D eigenvalue weighted by molar-refractivity contribution is 8.00. The fourth-order valence-corrected chi connectivity index (χ4v) is 6.83. The van der Waals surface area contributed by atoms with Gasteiger partial charge in [-0.1, -0.05) is 66.1 Å². The molecule has 1 N–H and O–H groups in total. The van der Waals surface area contributed by atoms with E-state index in [1.807, 2.05) is 29.7 Å². The highest BCUT2D eigenvalue weighted by atomic mass is 32.2. The lowest BCUT2D eigenvalue weighted by molar-refractivity contribution is -0.132. The Labute approximate surface area is 260 Å². The van der Waals surface area contributed by atoms with Gasteiger partial charge in [-0.05, 0) is 60.9 Å². The van der Waals surface area contributed by atoms with Gasteiger partial charge < -0.3 is 14.2 Å². The summed E-state index contributed by atoms with van der Waals surface area (Å²) in [5, 5.41) is 20.4. The molecule has 12 heteroatoms. The number of fused-ring (bicyclic) bond motifs is 1. The van der Waals surface area contributed by atoms with Gasteiger partial charge in [0, 0.05) is 11.9 Å².